The van der Waals surface area contributed by atoms with Gasteiger partial charge in [-0.15, -0.1) is 0 Å². The lowest BCUT2D eigenvalue weighted by Crippen LogP contribution is -2.52. The molecule has 3 rings (SSSR count). The summed E-state index contributed by atoms with van der Waals surface area (Å²) in [5.74, 6) is 0.284. The molecule has 0 spiro atoms. The number of urea groups is 1. The minimum Gasteiger partial charge on any atom is -0.355 e. The maximum absolute atomic E-state index is 12.6. The Hall–Kier alpha value is -2.08. The SMILES string of the molecule is CN(C)C(=O)N1CCC(N2CCC[C@H](C(=O)NCCc3ccccc3)C2)CC1. The van der Waals surface area contributed by atoms with Crippen LogP contribution in [-0.4, -0.2) is 79.5 Å². The zero-order chi connectivity index (χ0) is 19.9. The Labute approximate surface area is 168 Å². The first-order chi connectivity index (χ1) is 13.5. The number of benzene rings is 1. The Morgan fingerprint density at radius 3 is 2.46 bits per heavy atom. The zero-order valence-electron chi connectivity index (χ0n) is 17.3. The Kier molecular flexibility index (Phi) is 7.31. The molecule has 0 saturated carbocycles. The molecule has 0 aromatic heterocycles. The summed E-state index contributed by atoms with van der Waals surface area (Å²) in [6.07, 6.45) is 4.93. The van der Waals surface area contributed by atoms with Crippen LogP contribution in [0.3, 0.4) is 0 Å². The van der Waals surface area contributed by atoms with Gasteiger partial charge in [-0.2, -0.15) is 0 Å². The Morgan fingerprint density at radius 1 is 1.07 bits per heavy atom. The highest BCUT2D eigenvalue weighted by atomic mass is 16.2. The fourth-order valence-corrected chi connectivity index (χ4v) is 4.38. The van der Waals surface area contributed by atoms with Crippen molar-refractivity contribution in [3.05, 3.63) is 35.9 Å². The van der Waals surface area contributed by atoms with E-state index in [2.05, 4.69) is 22.3 Å². The summed E-state index contributed by atoms with van der Waals surface area (Å²) in [4.78, 5) is 30.8. The predicted octanol–water partition coefficient (Wildman–Crippen LogP) is 2.20. The van der Waals surface area contributed by atoms with Gasteiger partial charge in [0.15, 0.2) is 0 Å². The molecular weight excluding hydrogens is 352 g/mol. The summed E-state index contributed by atoms with van der Waals surface area (Å²) in [6, 6.07) is 10.9. The average molecular weight is 387 g/mol. The third-order valence-electron chi connectivity index (χ3n) is 6.01. The Bertz CT molecular complexity index is 641. The lowest BCUT2D eigenvalue weighted by molar-refractivity contribution is -0.127. The first kappa shape index (κ1) is 20.6. The maximum atomic E-state index is 12.6. The van der Waals surface area contributed by atoms with Crippen LogP contribution >= 0.6 is 0 Å². The standard InChI is InChI=1S/C22H34N4O2/c1-24(2)22(28)25-15-11-20(12-16-25)26-14-6-9-19(17-26)21(27)23-13-10-18-7-4-3-5-8-18/h3-5,7-8,19-20H,6,9-17H2,1-2H3,(H,23,27)/t19-/m0/s1. The van der Waals surface area contributed by atoms with Gasteiger partial charge in [0, 0.05) is 46.3 Å². The third-order valence-corrected chi connectivity index (χ3v) is 6.01. The van der Waals surface area contributed by atoms with Crippen molar-refractivity contribution in [1.29, 1.82) is 0 Å². The molecule has 2 fully saturated rings. The van der Waals surface area contributed by atoms with E-state index < -0.39 is 0 Å². The quantitative estimate of drug-likeness (QED) is 0.844. The van der Waals surface area contributed by atoms with Gasteiger partial charge < -0.3 is 15.1 Å². The van der Waals surface area contributed by atoms with Crippen molar-refractivity contribution in [1.82, 2.24) is 20.0 Å². The maximum Gasteiger partial charge on any atom is 0.319 e. The minimum absolute atomic E-state index is 0.0889. The number of piperidine rings is 2. The van der Waals surface area contributed by atoms with Crippen LogP contribution in [0.15, 0.2) is 30.3 Å². The van der Waals surface area contributed by atoms with Crippen molar-refractivity contribution < 1.29 is 9.59 Å². The normalized spacial score (nSPS) is 21.4. The molecule has 0 unspecified atom stereocenters. The number of hydrogen-bond donors (Lipinski definition) is 1. The lowest BCUT2D eigenvalue weighted by atomic mass is 9.93. The van der Waals surface area contributed by atoms with E-state index in [-0.39, 0.29) is 17.9 Å². The van der Waals surface area contributed by atoms with Gasteiger partial charge in [0.05, 0.1) is 5.92 Å². The molecule has 1 N–H and O–H groups in total. The first-order valence-electron chi connectivity index (χ1n) is 10.6. The highest BCUT2D eigenvalue weighted by Gasteiger charge is 2.32. The molecule has 2 heterocycles. The summed E-state index contributed by atoms with van der Waals surface area (Å²) in [5.41, 5.74) is 1.26. The summed E-state index contributed by atoms with van der Waals surface area (Å²) >= 11 is 0. The number of nitrogens with one attached hydrogen (secondary N) is 1. The first-order valence-corrected chi connectivity index (χ1v) is 10.6. The van der Waals surface area contributed by atoms with E-state index in [1.807, 2.05) is 23.1 Å². The fraction of sp³-hybridized carbons (Fsp3) is 0.636. The molecule has 3 amide bonds. The van der Waals surface area contributed by atoms with Crippen LogP contribution in [0.4, 0.5) is 4.79 Å². The lowest BCUT2D eigenvalue weighted by Gasteiger charge is -2.42. The van der Waals surface area contributed by atoms with Crippen molar-refractivity contribution in [3.8, 4) is 0 Å². The molecule has 0 radical (unpaired) electrons. The van der Waals surface area contributed by atoms with Crippen LogP contribution in [0.2, 0.25) is 0 Å². The molecule has 154 valence electrons. The van der Waals surface area contributed by atoms with Crippen LogP contribution in [0.5, 0.6) is 0 Å². The van der Waals surface area contributed by atoms with Crippen LogP contribution in [-0.2, 0) is 11.2 Å². The van der Waals surface area contributed by atoms with Gasteiger partial charge in [0.2, 0.25) is 5.91 Å². The van der Waals surface area contributed by atoms with E-state index >= 15 is 0 Å². The number of nitrogens with zero attached hydrogens (tertiary/aromatic N) is 3. The van der Waals surface area contributed by atoms with Crippen molar-refractivity contribution in [3.63, 3.8) is 0 Å². The van der Waals surface area contributed by atoms with E-state index in [0.29, 0.717) is 12.6 Å². The van der Waals surface area contributed by atoms with Crippen LogP contribution in [0, 0.1) is 5.92 Å². The van der Waals surface area contributed by atoms with Crippen molar-refractivity contribution >= 4 is 11.9 Å². The number of rotatable bonds is 5. The van der Waals surface area contributed by atoms with Crippen molar-refractivity contribution in [2.75, 3.05) is 46.8 Å². The van der Waals surface area contributed by atoms with Crippen LogP contribution in [0.25, 0.3) is 0 Å². The Morgan fingerprint density at radius 2 is 1.79 bits per heavy atom. The van der Waals surface area contributed by atoms with E-state index in [0.717, 1.165) is 58.3 Å². The third kappa shape index (κ3) is 5.47. The molecule has 1 atom stereocenters. The van der Waals surface area contributed by atoms with E-state index in [4.69, 9.17) is 0 Å². The van der Waals surface area contributed by atoms with E-state index in [9.17, 15) is 9.59 Å². The van der Waals surface area contributed by atoms with Gasteiger partial charge in [0.1, 0.15) is 0 Å². The molecule has 1 aromatic carbocycles. The van der Waals surface area contributed by atoms with E-state index in [1.54, 1.807) is 19.0 Å². The largest absolute Gasteiger partial charge is 0.355 e. The second kappa shape index (κ2) is 9.92. The number of likely N-dealkylation sites (tertiary alicyclic amines) is 2. The average Bonchev–Trinajstić information content (AvgIpc) is 2.74. The number of hydrogen-bond acceptors (Lipinski definition) is 3. The highest BCUT2D eigenvalue weighted by molar-refractivity contribution is 5.79. The second-order valence-corrected chi connectivity index (χ2v) is 8.26. The summed E-state index contributed by atoms with van der Waals surface area (Å²) in [6.45, 7) is 4.24. The summed E-state index contributed by atoms with van der Waals surface area (Å²) in [7, 11) is 3.61. The Balaban J connectivity index is 1.42. The number of carbonyl (C=O) groups excluding carboxylic acids is 2. The van der Waals surface area contributed by atoms with Crippen LogP contribution < -0.4 is 5.32 Å². The van der Waals surface area contributed by atoms with Crippen molar-refractivity contribution in [2.45, 2.75) is 38.1 Å². The molecule has 2 aliphatic heterocycles. The van der Waals surface area contributed by atoms with Gasteiger partial charge >= 0.3 is 6.03 Å². The van der Waals surface area contributed by atoms with Gasteiger partial charge in [-0.05, 0) is 44.2 Å². The summed E-state index contributed by atoms with van der Waals surface area (Å²) < 4.78 is 0. The predicted molar refractivity (Wildman–Crippen MR) is 111 cm³/mol. The molecule has 2 saturated heterocycles. The van der Waals surface area contributed by atoms with Crippen LogP contribution in [0.1, 0.15) is 31.2 Å². The van der Waals surface area contributed by atoms with Gasteiger partial charge in [-0.1, -0.05) is 30.3 Å². The van der Waals surface area contributed by atoms with E-state index in [1.165, 1.54) is 5.56 Å². The molecule has 6 nitrogen and oxygen atoms in total. The number of amides is 3. The molecule has 1 aromatic rings. The van der Waals surface area contributed by atoms with Gasteiger partial charge in [-0.25, -0.2) is 4.79 Å². The topological polar surface area (TPSA) is 55.9 Å². The molecule has 2 aliphatic rings. The smallest absolute Gasteiger partial charge is 0.319 e. The molecule has 0 aliphatic carbocycles. The molecular formula is C22H34N4O2. The fourth-order valence-electron chi connectivity index (χ4n) is 4.38. The highest BCUT2D eigenvalue weighted by Crippen LogP contribution is 2.24. The number of carbonyl (C=O) groups is 2. The van der Waals surface area contributed by atoms with Gasteiger partial charge in [0.25, 0.3) is 0 Å². The monoisotopic (exact) mass is 386 g/mol. The molecule has 6 heteroatoms. The van der Waals surface area contributed by atoms with Crippen molar-refractivity contribution in [2.24, 2.45) is 5.92 Å². The summed E-state index contributed by atoms with van der Waals surface area (Å²) in [5, 5.41) is 3.13. The molecule has 0 bridgehead atoms. The zero-order valence-corrected chi connectivity index (χ0v) is 17.3. The molecule has 28 heavy (non-hydrogen) atoms. The second-order valence-electron chi connectivity index (χ2n) is 8.26. The minimum atomic E-state index is 0.0889. The van der Waals surface area contributed by atoms with Gasteiger partial charge in [-0.3, -0.25) is 9.69 Å².